The maximum atomic E-state index is 12.3. The summed E-state index contributed by atoms with van der Waals surface area (Å²) in [7, 11) is 1.41. The third-order valence-corrected chi connectivity index (χ3v) is 4.10. The normalized spacial score (nSPS) is 21.7. The van der Waals surface area contributed by atoms with Gasteiger partial charge in [0.15, 0.2) is 0 Å². The van der Waals surface area contributed by atoms with E-state index >= 15 is 0 Å². The molecule has 1 aromatic rings. The summed E-state index contributed by atoms with van der Waals surface area (Å²) in [5.41, 5.74) is 1.15. The first kappa shape index (κ1) is 15.8. The molecule has 0 bridgehead atoms. The van der Waals surface area contributed by atoms with Gasteiger partial charge in [-0.2, -0.15) is 0 Å². The van der Waals surface area contributed by atoms with E-state index < -0.39 is 0 Å². The number of carbonyl (C=O) groups excluding carboxylic acids is 2. The molecule has 0 unspecified atom stereocenters. The van der Waals surface area contributed by atoms with Crippen molar-refractivity contribution in [3.05, 3.63) is 28.5 Å². The van der Waals surface area contributed by atoms with Gasteiger partial charge in [-0.25, -0.2) is 0 Å². The van der Waals surface area contributed by atoms with Gasteiger partial charge in [-0.3, -0.25) is 14.6 Å². The van der Waals surface area contributed by atoms with Crippen molar-refractivity contribution in [2.75, 3.05) is 7.11 Å². The van der Waals surface area contributed by atoms with Crippen LogP contribution in [0.25, 0.3) is 0 Å². The molecule has 1 amide bonds. The Hall–Kier alpha value is -1.62. The molecule has 0 radical (unpaired) electrons. The second-order valence-electron chi connectivity index (χ2n) is 5.33. The predicted molar refractivity (Wildman–Crippen MR) is 79.2 cm³/mol. The minimum atomic E-state index is -0.163. The smallest absolute Gasteiger partial charge is 0.308 e. The Labute approximate surface area is 129 Å². The van der Waals surface area contributed by atoms with Crippen LogP contribution < -0.4 is 5.32 Å². The third-order valence-electron chi connectivity index (χ3n) is 3.90. The summed E-state index contributed by atoms with van der Waals surface area (Å²) >= 11 is 5.88. The average molecular weight is 311 g/mol. The van der Waals surface area contributed by atoms with Crippen molar-refractivity contribution < 1.29 is 14.3 Å². The number of amides is 1. The molecular formula is C15H19ClN2O3. The molecule has 1 aliphatic carbocycles. The third kappa shape index (κ3) is 3.94. The molecule has 6 heteroatoms. The first-order valence-electron chi connectivity index (χ1n) is 7.02. The lowest BCUT2D eigenvalue weighted by molar-refractivity contribution is -0.146. The molecule has 0 atom stereocenters. The van der Waals surface area contributed by atoms with Gasteiger partial charge in [0.2, 0.25) is 0 Å². The zero-order valence-electron chi connectivity index (χ0n) is 12.2. The molecule has 1 aromatic heterocycles. The molecule has 21 heavy (non-hydrogen) atoms. The molecule has 1 aliphatic rings. The summed E-state index contributed by atoms with van der Waals surface area (Å²) in [5.74, 6) is -0.364. The van der Waals surface area contributed by atoms with Crippen molar-refractivity contribution in [3.8, 4) is 0 Å². The van der Waals surface area contributed by atoms with E-state index in [0.717, 1.165) is 25.7 Å². The number of halogens is 1. The average Bonchev–Trinajstić information content (AvgIpc) is 2.49. The first-order chi connectivity index (χ1) is 10.0. The van der Waals surface area contributed by atoms with Gasteiger partial charge < -0.3 is 10.1 Å². The van der Waals surface area contributed by atoms with Gasteiger partial charge in [0, 0.05) is 12.2 Å². The lowest BCUT2D eigenvalue weighted by Gasteiger charge is -2.27. The lowest BCUT2D eigenvalue weighted by Crippen LogP contribution is -2.39. The van der Waals surface area contributed by atoms with Gasteiger partial charge in [0.05, 0.1) is 29.3 Å². The zero-order chi connectivity index (χ0) is 15.4. The molecule has 5 nitrogen and oxygen atoms in total. The van der Waals surface area contributed by atoms with Crippen LogP contribution in [-0.2, 0) is 9.53 Å². The number of esters is 1. The number of hydrogen-bond donors (Lipinski definition) is 1. The number of rotatable bonds is 3. The molecule has 1 fully saturated rings. The van der Waals surface area contributed by atoms with Gasteiger partial charge in [0.1, 0.15) is 0 Å². The van der Waals surface area contributed by atoms with E-state index in [1.54, 1.807) is 13.0 Å². The summed E-state index contributed by atoms with van der Waals surface area (Å²) in [4.78, 5) is 27.8. The van der Waals surface area contributed by atoms with E-state index in [4.69, 9.17) is 16.3 Å². The molecule has 1 saturated carbocycles. The van der Waals surface area contributed by atoms with Gasteiger partial charge in [0.25, 0.3) is 5.91 Å². The van der Waals surface area contributed by atoms with Gasteiger partial charge in [-0.1, -0.05) is 11.6 Å². The van der Waals surface area contributed by atoms with Crippen LogP contribution in [0, 0.1) is 12.8 Å². The SMILES string of the molecule is COC(=O)C1CCC(NC(=O)c2cc(Cl)cnc2C)CC1. The van der Waals surface area contributed by atoms with Gasteiger partial charge >= 0.3 is 5.97 Å². The van der Waals surface area contributed by atoms with Crippen LogP contribution in [-0.4, -0.2) is 30.0 Å². The standard InChI is InChI=1S/C15H19ClN2O3/c1-9-13(7-11(16)8-17-9)14(19)18-12-5-3-10(4-6-12)15(20)21-2/h7-8,10,12H,3-6H2,1-2H3,(H,18,19). The van der Waals surface area contributed by atoms with E-state index in [-0.39, 0.29) is 23.8 Å². The number of hydrogen-bond acceptors (Lipinski definition) is 4. The zero-order valence-corrected chi connectivity index (χ0v) is 12.9. The van der Waals surface area contributed by atoms with Crippen molar-refractivity contribution in [2.45, 2.75) is 38.6 Å². The minimum Gasteiger partial charge on any atom is -0.469 e. The van der Waals surface area contributed by atoms with Crippen LogP contribution in [0.4, 0.5) is 0 Å². The molecule has 0 spiro atoms. The number of aromatic nitrogens is 1. The minimum absolute atomic E-state index is 0.0438. The number of pyridine rings is 1. The summed E-state index contributed by atoms with van der Waals surface area (Å²) in [5, 5.41) is 3.44. The Morgan fingerprint density at radius 3 is 2.62 bits per heavy atom. The number of methoxy groups -OCH3 is 1. The van der Waals surface area contributed by atoms with E-state index in [1.807, 2.05) is 0 Å². The molecule has 0 aliphatic heterocycles. The quantitative estimate of drug-likeness (QED) is 0.871. The molecular weight excluding hydrogens is 292 g/mol. The van der Waals surface area contributed by atoms with E-state index in [9.17, 15) is 9.59 Å². The molecule has 1 N–H and O–H groups in total. The van der Waals surface area contributed by atoms with Gasteiger partial charge in [-0.15, -0.1) is 0 Å². The summed E-state index contributed by atoms with van der Waals surface area (Å²) < 4.78 is 4.76. The fraction of sp³-hybridized carbons (Fsp3) is 0.533. The first-order valence-corrected chi connectivity index (χ1v) is 7.40. The van der Waals surface area contributed by atoms with Crippen LogP contribution in [0.2, 0.25) is 5.02 Å². The largest absolute Gasteiger partial charge is 0.469 e. The van der Waals surface area contributed by atoms with Crippen molar-refractivity contribution >= 4 is 23.5 Å². The Morgan fingerprint density at radius 1 is 1.33 bits per heavy atom. The highest BCUT2D eigenvalue weighted by Gasteiger charge is 2.28. The highest BCUT2D eigenvalue weighted by molar-refractivity contribution is 6.30. The highest BCUT2D eigenvalue weighted by atomic mass is 35.5. The van der Waals surface area contributed by atoms with Crippen LogP contribution in [0.1, 0.15) is 41.7 Å². The van der Waals surface area contributed by atoms with Crippen LogP contribution >= 0.6 is 11.6 Å². The summed E-state index contributed by atoms with van der Waals surface area (Å²) in [6, 6.07) is 1.70. The summed E-state index contributed by atoms with van der Waals surface area (Å²) in [6.07, 6.45) is 4.56. The lowest BCUT2D eigenvalue weighted by atomic mass is 9.86. The second kappa shape index (κ2) is 6.89. The number of carbonyl (C=O) groups is 2. The van der Waals surface area contributed by atoms with Crippen molar-refractivity contribution in [2.24, 2.45) is 5.92 Å². The fourth-order valence-corrected chi connectivity index (χ4v) is 2.80. The van der Waals surface area contributed by atoms with Crippen LogP contribution in [0.3, 0.4) is 0 Å². The van der Waals surface area contributed by atoms with Crippen LogP contribution in [0.15, 0.2) is 12.3 Å². The Morgan fingerprint density at radius 2 is 2.00 bits per heavy atom. The monoisotopic (exact) mass is 310 g/mol. The maximum absolute atomic E-state index is 12.3. The highest BCUT2D eigenvalue weighted by Crippen LogP contribution is 2.25. The summed E-state index contributed by atoms with van der Waals surface area (Å²) in [6.45, 7) is 1.78. The predicted octanol–water partition coefficient (Wildman–Crippen LogP) is 2.51. The second-order valence-corrected chi connectivity index (χ2v) is 5.77. The van der Waals surface area contributed by atoms with E-state index in [1.165, 1.54) is 13.3 Å². The maximum Gasteiger partial charge on any atom is 0.308 e. The Kier molecular flexibility index (Phi) is 5.17. The van der Waals surface area contributed by atoms with E-state index in [0.29, 0.717) is 16.3 Å². The molecule has 0 aromatic carbocycles. The number of nitrogens with one attached hydrogen (secondary N) is 1. The molecule has 2 rings (SSSR count). The number of nitrogens with zero attached hydrogens (tertiary/aromatic N) is 1. The van der Waals surface area contributed by atoms with Gasteiger partial charge in [-0.05, 0) is 38.7 Å². The molecule has 0 saturated heterocycles. The van der Waals surface area contributed by atoms with E-state index in [2.05, 4.69) is 10.3 Å². The van der Waals surface area contributed by atoms with Crippen molar-refractivity contribution in [1.82, 2.24) is 10.3 Å². The number of aryl methyl sites for hydroxylation is 1. The fourth-order valence-electron chi connectivity index (χ4n) is 2.64. The Balaban J connectivity index is 1.93. The van der Waals surface area contributed by atoms with Crippen molar-refractivity contribution in [1.29, 1.82) is 0 Å². The number of ether oxygens (including phenoxy) is 1. The Bertz CT molecular complexity index is 540. The molecule has 1 heterocycles. The van der Waals surface area contributed by atoms with Crippen molar-refractivity contribution in [3.63, 3.8) is 0 Å². The van der Waals surface area contributed by atoms with Crippen LogP contribution in [0.5, 0.6) is 0 Å². The molecule has 114 valence electrons. The topological polar surface area (TPSA) is 68.3 Å².